The highest BCUT2D eigenvalue weighted by Gasteiger charge is 2.15. The number of nitrogen functional groups attached to an aromatic ring is 1. The topological polar surface area (TPSA) is 90.3 Å². The maximum atomic E-state index is 12.2. The largest absolute Gasteiger partial charge is 0.384 e. The van der Waals surface area contributed by atoms with Gasteiger partial charge >= 0.3 is 0 Å². The number of fused-ring (bicyclic) bond motifs is 1. The van der Waals surface area contributed by atoms with Crippen molar-refractivity contribution in [2.75, 3.05) is 11.5 Å². The third-order valence-corrected chi connectivity index (χ3v) is 4.63. The van der Waals surface area contributed by atoms with Crippen LogP contribution in [0, 0.1) is 0 Å². The first-order valence-electron chi connectivity index (χ1n) is 6.52. The zero-order valence-electron chi connectivity index (χ0n) is 11.6. The predicted molar refractivity (Wildman–Crippen MR) is 89.2 cm³/mol. The summed E-state index contributed by atoms with van der Waals surface area (Å²) in [4.78, 5) is 27.8. The van der Waals surface area contributed by atoms with Crippen molar-refractivity contribution in [1.29, 1.82) is 0 Å². The summed E-state index contributed by atoms with van der Waals surface area (Å²) in [7, 11) is 0. The van der Waals surface area contributed by atoms with Gasteiger partial charge in [0.15, 0.2) is 10.9 Å². The molecule has 0 saturated heterocycles. The van der Waals surface area contributed by atoms with Crippen molar-refractivity contribution in [2.24, 2.45) is 0 Å². The number of allylic oxidation sites excluding steroid dienone is 5. The molecule has 1 aliphatic carbocycles. The van der Waals surface area contributed by atoms with Crippen LogP contribution in [0.25, 0.3) is 11.0 Å². The fourth-order valence-corrected chi connectivity index (χ4v) is 3.57. The molecular weight excluding hydrogens is 320 g/mol. The van der Waals surface area contributed by atoms with E-state index in [1.807, 2.05) is 6.92 Å². The van der Waals surface area contributed by atoms with Gasteiger partial charge in [-0.15, -0.1) is 0 Å². The van der Waals surface area contributed by atoms with Gasteiger partial charge in [0.1, 0.15) is 5.82 Å². The Kier molecular flexibility index (Phi) is 3.95. The van der Waals surface area contributed by atoms with Gasteiger partial charge < -0.3 is 5.73 Å². The Morgan fingerprint density at radius 3 is 2.73 bits per heavy atom. The van der Waals surface area contributed by atoms with Crippen molar-refractivity contribution < 1.29 is 4.79 Å². The van der Waals surface area contributed by atoms with Crippen LogP contribution < -0.4 is 11.3 Å². The summed E-state index contributed by atoms with van der Waals surface area (Å²) < 4.78 is 5.97. The minimum atomic E-state index is -0.402. The molecule has 2 aromatic heterocycles. The highest BCUT2D eigenvalue weighted by atomic mass is 32.2. The summed E-state index contributed by atoms with van der Waals surface area (Å²) in [5.41, 5.74) is 6.77. The Bertz CT molecular complexity index is 887. The maximum Gasteiger partial charge on any atom is 0.283 e. The van der Waals surface area contributed by atoms with E-state index in [4.69, 9.17) is 5.73 Å². The molecule has 0 amide bonds. The van der Waals surface area contributed by atoms with Crippen molar-refractivity contribution in [3.8, 4) is 0 Å². The average Bonchev–Trinajstić information content (AvgIpc) is 2.89. The number of carbonyl (C=O) groups is 1. The Labute approximate surface area is 134 Å². The lowest BCUT2D eigenvalue weighted by atomic mass is 10.1. The van der Waals surface area contributed by atoms with E-state index in [1.54, 1.807) is 22.6 Å². The Balaban J connectivity index is 2.17. The van der Waals surface area contributed by atoms with Crippen LogP contribution in [0.2, 0.25) is 0 Å². The van der Waals surface area contributed by atoms with Crippen molar-refractivity contribution in [2.45, 2.75) is 12.1 Å². The number of thioether (sulfide) groups is 1. The van der Waals surface area contributed by atoms with E-state index in [-0.39, 0.29) is 5.78 Å². The number of rotatable bonds is 3. The van der Waals surface area contributed by atoms with E-state index < -0.39 is 5.56 Å². The Morgan fingerprint density at radius 2 is 2.05 bits per heavy atom. The van der Waals surface area contributed by atoms with E-state index >= 15 is 0 Å². The quantitative estimate of drug-likeness (QED) is 0.864. The molecule has 0 radical (unpaired) electrons. The molecule has 2 N–H and O–H groups in total. The number of carbonyl (C=O) groups excluding carboxylic acids is 1. The summed E-state index contributed by atoms with van der Waals surface area (Å²) in [5.74, 6) is 1.07. The van der Waals surface area contributed by atoms with Gasteiger partial charge in [-0.05, 0) is 29.6 Å². The lowest BCUT2D eigenvalue weighted by Crippen LogP contribution is -2.16. The van der Waals surface area contributed by atoms with Gasteiger partial charge in [0, 0.05) is 11.5 Å². The van der Waals surface area contributed by atoms with Crippen LogP contribution in [-0.2, 0) is 4.79 Å². The van der Waals surface area contributed by atoms with Crippen molar-refractivity contribution in [3.63, 3.8) is 0 Å². The second-order valence-electron chi connectivity index (χ2n) is 4.45. The van der Waals surface area contributed by atoms with Crippen molar-refractivity contribution in [1.82, 2.24) is 13.8 Å². The van der Waals surface area contributed by atoms with Crippen molar-refractivity contribution in [3.05, 3.63) is 45.8 Å². The van der Waals surface area contributed by atoms with Crippen LogP contribution in [0.3, 0.4) is 0 Å². The summed E-state index contributed by atoms with van der Waals surface area (Å²) in [5, 5.41) is 0.719. The van der Waals surface area contributed by atoms with Gasteiger partial charge in [0.25, 0.3) is 5.56 Å². The van der Waals surface area contributed by atoms with Gasteiger partial charge in [0.2, 0.25) is 4.96 Å². The second kappa shape index (κ2) is 5.90. The first-order valence-corrected chi connectivity index (χ1v) is 8.28. The van der Waals surface area contributed by atoms with E-state index in [0.717, 1.165) is 28.0 Å². The molecule has 0 aliphatic heterocycles. The number of aromatic nitrogens is 3. The lowest BCUT2D eigenvalue weighted by molar-refractivity contribution is -0.110. The van der Waals surface area contributed by atoms with Gasteiger partial charge in [-0.3, -0.25) is 9.59 Å². The van der Waals surface area contributed by atoms with E-state index in [2.05, 4.69) is 9.36 Å². The standard InChI is InChI=1S/C14H12N4O2S2/c1-2-21-14-17-22-13-16-12(20)10(11(15)18(13)14)7-8-3-5-9(19)6-4-8/h3-7H,2,15H2,1H3. The summed E-state index contributed by atoms with van der Waals surface area (Å²) in [6.07, 6.45) is 7.80. The predicted octanol–water partition coefficient (Wildman–Crippen LogP) is 1.92. The zero-order valence-corrected chi connectivity index (χ0v) is 13.3. The van der Waals surface area contributed by atoms with Gasteiger partial charge in [-0.2, -0.15) is 9.36 Å². The van der Waals surface area contributed by atoms with E-state index in [1.165, 1.54) is 23.9 Å². The second-order valence-corrected chi connectivity index (χ2v) is 6.41. The number of nitrogens with two attached hydrogens (primary N) is 1. The molecule has 8 heteroatoms. The van der Waals surface area contributed by atoms with E-state index in [9.17, 15) is 9.59 Å². The molecule has 0 saturated carbocycles. The molecule has 112 valence electrons. The molecule has 0 unspecified atom stereocenters. The van der Waals surface area contributed by atoms with Crippen LogP contribution in [0.5, 0.6) is 0 Å². The number of nitrogens with zero attached hydrogens (tertiary/aromatic N) is 3. The normalized spacial score (nSPS) is 14.0. The monoisotopic (exact) mass is 332 g/mol. The van der Waals surface area contributed by atoms with Crippen LogP contribution in [0.4, 0.5) is 5.82 Å². The molecule has 2 aromatic rings. The summed E-state index contributed by atoms with van der Waals surface area (Å²) in [6.45, 7) is 2.01. The first kappa shape index (κ1) is 14.7. The molecule has 0 aromatic carbocycles. The molecule has 0 spiro atoms. The molecular formula is C14H12N4O2S2. The Morgan fingerprint density at radius 1 is 1.32 bits per heavy atom. The molecule has 1 aliphatic rings. The highest BCUT2D eigenvalue weighted by molar-refractivity contribution is 7.99. The van der Waals surface area contributed by atoms with Gasteiger partial charge in [-0.1, -0.05) is 30.8 Å². The summed E-state index contributed by atoms with van der Waals surface area (Å²) in [6, 6.07) is 0. The van der Waals surface area contributed by atoms with E-state index in [0.29, 0.717) is 16.3 Å². The number of anilines is 1. The molecule has 0 fully saturated rings. The summed E-state index contributed by atoms with van der Waals surface area (Å²) >= 11 is 2.68. The zero-order chi connectivity index (χ0) is 15.7. The average molecular weight is 332 g/mol. The molecule has 0 atom stereocenters. The van der Waals surface area contributed by atoms with Gasteiger partial charge in [0.05, 0.1) is 5.56 Å². The van der Waals surface area contributed by atoms with Crippen LogP contribution in [0.1, 0.15) is 12.5 Å². The molecule has 2 heterocycles. The minimum absolute atomic E-state index is 0.0842. The molecule has 22 heavy (non-hydrogen) atoms. The van der Waals surface area contributed by atoms with Crippen molar-refractivity contribution >= 4 is 45.9 Å². The van der Waals surface area contributed by atoms with Crippen LogP contribution in [0.15, 0.2) is 39.8 Å². The molecule has 0 bridgehead atoms. The van der Waals surface area contributed by atoms with Crippen LogP contribution >= 0.6 is 23.3 Å². The maximum absolute atomic E-state index is 12.2. The first-order chi connectivity index (χ1) is 10.6. The minimum Gasteiger partial charge on any atom is -0.384 e. The number of hydrogen-bond donors (Lipinski definition) is 1. The third-order valence-electron chi connectivity index (χ3n) is 3.00. The third kappa shape index (κ3) is 2.62. The highest BCUT2D eigenvalue weighted by Crippen LogP contribution is 2.25. The fraction of sp³-hybridized carbons (Fsp3) is 0.143. The van der Waals surface area contributed by atoms with Crippen LogP contribution in [-0.4, -0.2) is 25.3 Å². The number of ketones is 1. The lowest BCUT2D eigenvalue weighted by Gasteiger charge is -2.06. The van der Waals surface area contributed by atoms with Gasteiger partial charge in [-0.25, -0.2) is 4.40 Å². The molecule has 3 rings (SSSR count). The SMILES string of the molecule is CCSc1nsc2nc(=O)c(C=C3C=CC(=O)C=C3)c(N)n12. The molecule has 6 nitrogen and oxygen atoms in total. The Hall–Kier alpha value is -2.19. The number of hydrogen-bond acceptors (Lipinski definition) is 7. The smallest absolute Gasteiger partial charge is 0.283 e. The fourth-order valence-electron chi connectivity index (χ4n) is 1.98.